The van der Waals surface area contributed by atoms with Crippen molar-refractivity contribution in [3.05, 3.63) is 111 Å². The quantitative estimate of drug-likeness (QED) is 0.213. The van der Waals surface area contributed by atoms with Gasteiger partial charge in [-0.1, -0.05) is 36.4 Å². The maximum absolute atomic E-state index is 14.6. The summed E-state index contributed by atoms with van der Waals surface area (Å²) in [5.41, 5.74) is 2.95. The summed E-state index contributed by atoms with van der Waals surface area (Å²) in [4.78, 5) is 67.0. The third kappa shape index (κ3) is 8.47. The van der Waals surface area contributed by atoms with Crippen molar-refractivity contribution in [2.75, 3.05) is 32.7 Å². The molecular weight excluding hydrogens is 726 g/mol. The number of pyridine rings is 1. The molecule has 298 valence electrons. The number of imidazole rings is 1. The number of hydrogen-bond donors (Lipinski definition) is 2. The summed E-state index contributed by atoms with van der Waals surface area (Å²) >= 11 is 0. The molecule has 2 fully saturated rings. The Balaban J connectivity index is 0.975. The van der Waals surface area contributed by atoms with Crippen LogP contribution in [0.4, 0.5) is 4.39 Å². The maximum atomic E-state index is 14.6. The number of nitrogens with zero attached hydrogens (tertiary/aromatic N) is 7. The highest BCUT2D eigenvalue weighted by molar-refractivity contribution is 5.92. The van der Waals surface area contributed by atoms with Gasteiger partial charge in [0.05, 0.1) is 23.8 Å². The molecular formula is C43H50FN9O4. The number of nitrogens with one attached hydrogen (secondary N) is 2. The van der Waals surface area contributed by atoms with Gasteiger partial charge in [0.2, 0.25) is 5.91 Å². The highest BCUT2D eigenvalue weighted by atomic mass is 19.1. The Hall–Kier alpha value is -5.47. The number of aryl methyl sites for hydroxylation is 2. The van der Waals surface area contributed by atoms with Gasteiger partial charge in [-0.3, -0.25) is 28.8 Å². The molecule has 8 rings (SSSR count). The molecule has 2 amide bonds. The van der Waals surface area contributed by atoms with Gasteiger partial charge < -0.3 is 15.2 Å². The number of benzene rings is 2. The van der Waals surface area contributed by atoms with E-state index in [9.17, 15) is 23.6 Å². The van der Waals surface area contributed by atoms with E-state index in [0.29, 0.717) is 43.6 Å². The van der Waals surface area contributed by atoms with Gasteiger partial charge in [0.1, 0.15) is 17.3 Å². The van der Waals surface area contributed by atoms with Gasteiger partial charge in [0, 0.05) is 70.0 Å². The van der Waals surface area contributed by atoms with Crippen LogP contribution in [-0.2, 0) is 24.3 Å². The van der Waals surface area contributed by atoms with E-state index in [2.05, 4.69) is 59.2 Å². The fraction of sp³-hybridized carbons (Fsp3) is 0.442. The first-order valence-electron chi connectivity index (χ1n) is 20.2. The first-order chi connectivity index (χ1) is 27.6. The van der Waals surface area contributed by atoms with Crippen LogP contribution in [0.2, 0.25) is 0 Å². The molecule has 2 aromatic carbocycles. The molecule has 1 saturated heterocycles. The minimum absolute atomic E-state index is 0.0307. The molecule has 14 heteroatoms. The van der Waals surface area contributed by atoms with E-state index in [0.717, 1.165) is 87.7 Å². The average Bonchev–Trinajstić information content (AvgIpc) is 3.65. The largest absolute Gasteiger partial charge is 0.353 e. The predicted octanol–water partition coefficient (Wildman–Crippen LogP) is 4.44. The van der Waals surface area contributed by atoms with Gasteiger partial charge in [-0.2, -0.15) is 0 Å². The first kappa shape index (κ1) is 38.4. The van der Waals surface area contributed by atoms with E-state index >= 15 is 0 Å². The first-order valence-corrected chi connectivity index (χ1v) is 20.2. The standard InChI is InChI=1S/C43H50FN9O4/c1-28(2)46-39(54)27-50-20-18-49(19-21-50)25-29-9-11-30(12-10-29)31-6-5-7-35(22-31)52-40-36(23-32(44)24-45-40)42(56)53(43(52)57)34-15-13-33(14-16-34)47-41(55)37-26-51-17-4-3-8-38(51)48-37/h5-7,9-12,22-24,26,28,33-34H,3-4,8,13-21,25,27H2,1-2H3,(H,46,54)(H,47,55). The minimum Gasteiger partial charge on any atom is -0.353 e. The molecule has 1 saturated carbocycles. The Kier molecular flexibility index (Phi) is 11.2. The van der Waals surface area contributed by atoms with Gasteiger partial charge >= 0.3 is 5.69 Å². The van der Waals surface area contributed by atoms with Crippen molar-refractivity contribution in [1.29, 1.82) is 0 Å². The number of amides is 2. The maximum Gasteiger partial charge on any atom is 0.337 e. The molecule has 3 aliphatic rings. The Morgan fingerprint density at radius 2 is 1.65 bits per heavy atom. The lowest BCUT2D eigenvalue weighted by Crippen LogP contribution is -2.49. The van der Waals surface area contributed by atoms with Crippen LogP contribution in [0.15, 0.2) is 76.6 Å². The van der Waals surface area contributed by atoms with E-state index in [1.165, 1.54) is 14.7 Å². The third-order valence-electron chi connectivity index (χ3n) is 11.5. The Labute approximate surface area is 330 Å². The lowest BCUT2D eigenvalue weighted by Gasteiger charge is -2.34. The predicted molar refractivity (Wildman–Crippen MR) is 216 cm³/mol. The molecule has 57 heavy (non-hydrogen) atoms. The molecule has 0 atom stereocenters. The number of carbonyl (C=O) groups is 2. The molecule has 0 bridgehead atoms. The zero-order valence-electron chi connectivity index (χ0n) is 32.6. The van der Waals surface area contributed by atoms with Crippen molar-refractivity contribution in [1.82, 2.24) is 44.1 Å². The normalized spacial score (nSPS) is 19.1. The van der Waals surface area contributed by atoms with Crippen molar-refractivity contribution in [3.8, 4) is 16.8 Å². The van der Waals surface area contributed by atoms with Crippen molar-refractivity contribution < 1.29 is 14.0 Å². The average molecular weight is 776 g/mol. The molecule has 1 aliphatic carbocycles. The molecule has 0 radical (unpaired) electrons. The van der Waals surface area contributed by atoms with Crippen molar-refractivity contribution >= 4 is 22.8 Å². The Morgan fingerprint density at radius 1 is 0.895 bits per heavy atom. The molecule has 2 aliphatic heterocycles. The lowest BCUT2D eigenvalue weighted by atomic mass is 9.90. The van der Waals surface area contributed by atoms with Gasteiger partial charge in [-0.15, -0.1) is 0 Å². The number of halogens is 1. The summed E-state index contributed by atoms with van der Waals surface area (Å²) in [7, 11) is 0. The minimum atomic E-state index is -0.659. The molecule has 5 heterocycles. The summed E-state index contributed by atoms with van der Waals surface area (Å²) < 4.78 is 19.3. The summed E-state index contributed by atoms with van der Waals surface area (Å²) in [5.74, 6) is 0.141. The van der Waals surface area contributed by atoms with E-state index in [1.807, 2.05) is 38.2 Å². The number of hydrogen-bond acceptors (Lipinski definition) is 8. The summed E-state index contributed by atoms with van der Waals surface area (Å²) in [5, 5.41) is 6.11. The van der Waals surface area contributed by atoms with Crippen LogP contribution in [0.25, 0.3) is 27.8 Å². The molecule has 0 unspecified atom stereocenters. The fourth-order valence-corrected chi connectivity index (χ4v) is 8.56. The van der Waals surface area contributed by atoms with Crippen LogP contribution in [-0.4, -0.2) is 90.1 Å². The monoisotopic (exact) mass is 775 g/mol. The van der Waals surface area contributed by atoms with Gasteiger partial charge in [0.25, 0.3) is 11.5 Å². The van der Waals surface area contributed by atoms with Crippen LogP contribution in [0, 0.1) is 5.82 Å². The highest BCUT2D eigenvalue weighted by Gasteiger charge is 2.29. The summed E-state index contributed by atoms with van der Waals surface area (Å²) in [6.07, 6.45) is 8.01. The fourth-order valence-electron chi connectivity index (χ4n) is 8.56. The molecule has 2 N–H and O–H groups in total. The van der Waals surface area contributed by atoms with Crippen LogP contribution in [0.5, 0.6) is 0 Å². The van der Waals surface area contributed by atoms with Crippen LogP contribution in [0.3, 0.4) is 0 Å². The number of aromatic nitrogens is 5. The third-order valence-corrected chi connectivity index (χ3v) is 11.5. The van der Waals surface area contributed by atoms with Crippen molar-refractivity contribution in [3.63, 3.8) is 0 Å². The van der Waals surface area contributed by atoms with Crippen molar-refractivity contribution in [2.24, 2.45) is 0 Å². The van der Waals surface area contributed by atoms with Gasteiger partial charge in [-0.05, 0) is 87.3 Å². The zero-order valence-corrected chi connectivity index (χ0v) is 32.6. The number of fused-ring (bicyclic) bond motifs is 2. The Morgan fingerprint density at radius 3 is 2.39 bits per heavy atom. The molecule has 3 aromatic heterocycles. The second kappa shape index (κ2) is 16.6. The summed E-state index contributed by atoms with van der Waals surface area (Å²) in [6, 6.07) is 16.6. The van der Waals surface area contributed by atoms with Gasteiger partial charge in [0.15, 0.2) is 5.65 Å². The second-order valence-electron chi connectivity index (χ2n) is 16.0. The van der Waals surface area contributed by atoms with Crippen molar-refractivity contribution in [2.45, 2.75) is 90.0 Å². The molecule has 0 spiro atoms. The smallest absolute Gasteiger partial charge is 0.337 e. The second-order valence-corrected chi connectivity index (χ2v) is 16.0. The van der Waals surface area contributed by atoms with E-state index in [1.54, 1.807) is 6.07 Å². The van der Waals surface area contributed by atoms with E-state index in [4.69, 9.17) is 0 Å². The zero-order chi connectivity index (χ0) is 39.6. The van der Waals surface area contributed by atoms with Crippen LogP contribution < -0.4 is 21.9 Å². The molecule has 5 aromatic rings. The van der Waals surface area contributed by atoms with Crippen LogP contribution >= 0.6 is 0 Å². The summed E-state index contributed by atoms with van der Waals surface area (Å²) in [6.45, 7) is 9.48. The SMILES string of the molecule is CC(C)NC(=O)CN1CCN(Cc2ccc(-c3cccc(-n4c(=O)n(C5CCC(NC(=O)c6cn7c(n6)CCCC7)CC5)c(=O)c5cc(F)cnc54)c3)cc2)CC1. The molecule has 13 nitrogen and oxygen atoms in total. The number of piperazine rings is 1. The van der Waals surface area contributed by atoms with E-state index < -0.39 is 23.1 Å². The topological polar surface area (TPSA) is 139 Å². The number of carbonyl (C=O) groups excluding carboxylic acids is 2. The van der Waals surface area contributed by atoms with Crippen LogP contribution in [0.1, 0.15) is 80.3 Å². The Bertz CT molecular complexity index is 2360. The lowest BCUT2D eigenvalue weighted by molar-refractivity contribution is -0.123. The number of rotatable bonds is 10. The van der Waals surface area contributed by atoms with E-state index in [-0.39, 0.29) is 34.9 Å². The highest BCUT2D eigenvalue weighted by Crippen LogP contribution is 2.29. The van der Waals surface area contributed by atoms with Gasteiger partial charge in [-0.25, -0.2) is 23.7 Å².